The van der Waals surface area contributed by atoms with Crippen molar-refractivity contribution in [1.82, 2.24) is 0 Å². The number of fused-ring (bicyclic) bond motifs is 4. The molecule has 5 rings (SSSR count). The highest BCUT2D eigenvalue weighted by molar-refractivity contribution is 5.88. The first-order chi connectivity index (χ1) is 11.7. The van der Waals surface area contributed by atoms with Crippen molar-refractivity contribution in [3.05, 3.63) is 93.6 Å². The SMILES string of the molecule is O=c1oc2cccc(-c3ccccc3)c2oc(=O)c2ccc1cc2. The molecule has 2 aromatic heterocycles. The third-order valence-electron chi connectivity index (χ3n) is 3.82. The third kappa shape index (κ3) is 2.44. The number of rotatable bonds is 1. The van der Waals surface area contributed by atoms with Crippen LogP contribution in [-0.2, 0) is 0 Å². The van der Waals surface area contributed by atoms with Crippen molar-refractivity contribution in [2.24, 2.45) is 0 Å². The van der Waals surface area contributed by atoms with Crippen molar-refractivity contribution in [2.45, 2.75) is 0 Å². The van der Waals surface area contributed by atoms with Gasteiger partial charge in [-0.2, -0.15) is 0 Å². The van der Waals surface area contributed by atoms with Gasteiger partial charge in [0.1, 0.15) is 0 Å². The van der Waals surface area contributed by atoms with Gasteiger partial charge >= 0.3 is 11.3 Å². The van der Waals surface area contributed by atoms with E-state index in [1.807, 2.05) is 36.4 Å². The molecule has 24 heavy (non-hydrogen) atoms. The molecule has 0 aliphatic rings. The van der Waals surface area contributed by atoms with E-state index in [9.17, 15) is 9.59 Å². The van der Waals surface area contributed by atoms with E-state index in [4.69, 9.17) is 8.83 Å². The molecule has 0 aliphatic heterocycles. The Bertz CT molecular complexity index is 1160. The fourth-order valence-corrected chi connectivity index (χ4v) is 2.60. The summed E-state index contributed by atoms with van der Waals surface area (Å²) < 4.78 is 11.0. The molecule has 0 spiro atoms. The predicted octanol–water partition coefficient (Wildman–Crippen LogP) is 4.13. The summed E-state index contributed by atoms with van der Waals surface area (Å²) in [7, 11) is 0. The van der Waals surface area contributed by atoms with Gasteiger partial charge < -0.3 is 8.83 Å². The Hall–Kier alpha value is -3.40. The van der Waals surface area contributed by atoms with Crippen LogP contribution in [0.25, 0.3) is 33.1 Å². The Morgan fingerprint density at radius 3 is 1.88 bits per heavy atom. The quantitative estimate of drug-likeness (QED) is 0.530. The Balaban J connectivity index is 2.23. The number of benzene rings is 3. The normalized spacial score (nSPS) is 10.8. The first-order valence-electron chi connectivity index (χ1n) is 7.45. The molecule has 0 aliphatic carbocycles. The van der Waals surface area contributed by atoms with E-state index < -0.39 is 11.3 Å². The second kappa shape index (κ2) is 5.66. The van der Waals surface area contributed by atoms with E-state index in [1.165, 1.54) is 0 Å². The highest BCUT2D eigenvalue weighted by atomic mass is 16.4. The van der Waals surface area contributed by atoms with E-state index in [1.54, 1.807) is 36.4 Å². The van der Waals surface area contributed by atoms with Crippen LogP contribution in [0.5, 0.6) is 0 Å². The topological polar surface area (TPSA) is 60.4 Å². The Kier molecular flexibility index (Phi) is 3.35. The van der Waals surface area contributed by atoms with Crippen molar-refractivity contribution in [2.75, 3.05) is 0 Å². The van der Waals surface area contributed by atoms with Gasteiger partial charge in [-0.3, -0.25) is 0 Å². The maximum Gasteiger partial charge on any atom is 0.343 e. The summed E-state index contributed by atoms with van der Waals surface area (Å²) in [6.07, 6.45) is 0. The lowest BCUT2D eigenvalue weighted by Gasteiger charge is -2.03. The second-order valence-electron chi connectivity index (χ2n) is 5.36. The molecule has 0 radical (unpaired) electrons. The van der Waals surface area contributed by atoms with Crippen LogP contribution in [0.4, 0.5) is 0 Å². The zero-order valence-corrected chi connectivity index (χ0v) is 12.6. The molecular weight excluding hydrogens is 304 g/mol. The van der Waals surface area contributed by atoms with Gasteiger partial charge in [0.25, 0.3) is 0 Å². The molecule has 0 saturated heterocycles. The Labute approximate surface area is 136 Å². The van der Waals surface area contributed by atoms with Crippen molar-refractivity contribution >= 4 is 21.9 Å². The molecule has 0 unspecified atom stereocenters. The van der Waals surface area contributed by atoms with Gasteiger partial charge in [-0.1, -0.05) is 42.5 Å². The zero-order valence-electron chi connectivity index (χ0n) is 12.6. The lowest BCUT2D eigenvalue weighted by molar-refractivity contribution is 0.533. The highest BCUT2D eigenvalue weighted by Crippen LogP contribution is 2.26. The molecule has 2 bridgehead atoms. The maximum atomic E-state index is 12.4. The molecule has 3 aromatic carbocycles. The molecule has 4 nitrogen and oxygen atoms in total. The van der Waals surface area contributed by atoms with Crippen LogP contribution in [-0.4, -0.2) is 0 Å². The van der Waals surface area contributed by atoms with Crippen LogP contribution < -0.4 is 11.3 Å². The minimum atomic E-state index is -0.496. The largest absolute Gasteiger partial charge is 0.419 e. The average Bonchev–Trinajstić information content (AvgIpc) is 2.63. The summed E-state index contributed by atoms with van der Waals surface area (Å²) >= 11 is 0. The molecule has 0 N–H and O–H groups in total. The lowest BCUT2D eigenvalue weighted by atomic mass is 10.1. The monoisotopic (exact) mass is 316 g/mol. The molecule has 4 heteroatoms. The van der Waals surface area contributed by atoms with Gasteiger partial charge in [0.2, 0.25) is 0 Å². The van der Waals surface area contributed by atoms with E-state index in [2.05, 4.69) is 0 Å². The van der Waals surface area contributed by atoms with Crippen LogP contribution in [0.1, 0.15) is 0 Å². The van der Waals surface area contributed by atoms with Crippen LogP contribution in [0.2, 0.25) is 0 Å². The van der Waals surface area contributed by atoms with Crippen LogP contribution >= 0.6 is 0 Å². The average molecular weight is 316 g/mol. The third-order valence-corrected chi connectivity index (χ3v) is 3.82. The van der Waals surface area contributed by atoms with Gasteiger partial charge in [0.15, 0.2) is 11.2 Å². The molecule has 2 heterocycles. The summed E-state index contributed by atoms with van der Waals surface area (Å²) in [6, 6.07) is 20.9. The van der Waals surface area contributed by atoms with Crippen molar-refractivity contribution in [3.63, 3.8) is 0 Å². The van der Waals surface area contributed by atoms with E-state index in [-0.39, 0.29) is 11.2 Å². The Morgan fingerprint density at radius 1 is 0.583 bits per heavy atom. The molecular formula is C20H12O4. The van der Waals surface area contributed by atoms with Gasteiger partial charge in [-0.05, 0) is 35.9 Å². The first-order valence-corrected chi connectivity index (χ1v) is 7.45. The first kappa shape index (κ1) is 14.2. The fourth-order valence-electron chi connectivity index (χ4n) is 2.60. The minimum absolute atomic E-state index is 0.220. The van der Waals surface area contributed by atoms with Crippen LogP contribution in [0.15, 0.2) is 91.2 Å². The van der Waals surface area contributed by atoms with E-state index in [0.29, 0.717) is 16.3 Å². The highest BCUT2D eigenvalue weighted by Gasteiger charge is 2.08. The Morgan fingerprint density at radius 2 is 1.21 bits per heavy atom. The molecule has 0 fully saturated rings. The maximum absolute atomic E-state index is 12.4. The summed E-state index contributed by atoms with van der Waals surface area (Å²) in [6.45, 7) is 0. The second-order valence-corrected chi connectivity index (χ2v) is 5.36. The number of para-hydroxylation sites is 1. The van der Waals surface area contributed by atoms with Gasteiger partial charge in [0.05, 0.1) is 10.8 Å². The van der Waals surface area contributed by atoms with Gasteiger partial charge in [-0.15, -0.1) is 0 Å². The van der Waals surface area contributed by atoms with Crippen molar-refractivity contribution < 1.29 is 8.83 Å². The summed E-state index contributed by atoms with van der Waals surface area (Å²) in [5, 5.41) is 0.756. The molecule has 0 saturated carbocycles. The summed E-state index contributed by atoms with van der Waals surface area (Å²) in [5.41, 5.74) is 1.02. The van der Waals surface area contributed by atoms with Crippen LogP contribution in [0.3, 0.4) is 0 Å². The molecule has 116 valence electrons. The molecule has 0 amide bonds. The smallest absolute Gasteiger partial charge is 0.343 e. The standard InChI is InChI=1S/C20H12O4/c21-19-14-9-11-15(12-10-14)20(22)24-18-16(7-4-8-17(18)23-19)13-5-2-1-3-6-13/h1-12H. The number of hydrogen-bond donors (Lipinski definition) is 0. The fraction of sp³-hybridized carbons (Fsp3) is 0. The zero-order chi connectivity index (χ0) is 16.5. The number of hydrogen-bond acceptors (Lipinski definition) is 4. The summed E-state index contributed by atoms with van der Waals surface area (Å²) in [5.74, 6) is 0. The molecule has 0 atom stereocenters. The minimum Gasteiger partial charge on any atom is -0.419 e. The van der Waals surface area contributed by atoms with Crippen molar-refractivity contribution in [3.8, 4) is 11.1 Å². The predicted molar refractivity (Wildman–Crippen MR) is 92.8 cm³/mol. The van der Waals surface area contributed by atoms with Gasteiger partial charge in [0, 0.05) is 5.56 Å². The van der Waals surface area contributed by atoms with Gasteiger partial charge in [-0.25, -0.2) is 9.59 Å². The van der Waals surface area contributed by atoms with E-state index >= 15 is 0 Å². The lowest BCUT2D eigenvalue weighted by Crippen LogP contribution is -2.00. The van der Waals surface area contributed by atoms with E-state index in [0.717, 1.165) is 5.56 Å². The van der Waals surface area contributed by atoms with Crippen molar-refractivity contribution in [1.29, 1.82) is 0 Å². The summed E-state index contributed by atoms with van der Waals surface area (Å²) in [4.78, 5) is 24.7. The van der Waals surface area contributed by atoms with Crippen LogP contribution in [0, 0.1) is 0 Å². The molecule has 5 aromatic rings.